The first-order chi connectivity index (χ1) is 5.43. The van der Waals surface area contributed by atoms with Gasteiger partial charge in [-0.3, -0.25) is 9.59 Å². The molecule has 0 rings (SSSR count). The van der Waals surface area contributed by atoms with Crippen LogP contribution in [0.2, 0.25) is 0 Å². The van der Waals surface area contributed by atoms with Gasteiger partial charge in [-0.1, -0.05) is 0 Å². The normalized spacial score (nSPS) is 10.8. The summed E-state index contributed by atoms with van der Waals surface area (Å²) in [5, 5.41) is 8.39. The van der Waals surface area contributed by atoms with Crippen LogP contribution in [0.3, 0.4) is 0 Å². The van der Waals surface area contributed by atoms with E-state index in [1.165, 1.54) is 0 Å². The lowest BCUT2D eigenvalue weighted by Crippen LogP contribution is -2.17. The quantitative estimate of drug-likeness (QED) is 0.440. The molecule has 2 amide bonds. The van der Waals surface area contributed by atoms with Crippen molar-refractivity contribution in [2.75, 3.05) is 0 Å². The molecule has 0 aliphatic carbocycles. The Hall–Kier alpha value is -1.85. The number of rotatable bonds is 4. The molecule has 0 spiro atoms. The lowest BCUT2D eigenvalue weighted by Gasteiger charge is -1.95. The molecule has 5 N–H and O–H groups in total. The molecule has 0 aliphatic heterocycles. The SMILES string of the molecule is NC(=O)C=C(CC(N)=O)C(=O)O. The summed E-state index contributed by atoms with van der Waals surface area (Å²) >= 11 is 0. The minimum absolute atomic E-state index is 0.407. The molecule has 0 saturated heterocycles. The average molecular weight is 172 g/mol. The molecule has 0 saturated carbocycles. The number of primary amides is 2. The second kappa shape index (κ2) is 4.12. The summed E-state index contributed by atoms with van der Waals surface area (Å²) in [7, 11) is 0. The Balaban J connectivity index is 4.55. The summed E-state index contributed by atoms with van der Waals surface area (Å²) in [5.74, 6) is -3.13. The minimum Gasteiger partial charge on any atom is -0.478 e. The van der Waals surface area contributed by atoms with Gasteiger partial charge in [0, 0.05) is 6.08 Å². The van der Waals surface area contributed by atoms with E-state index in [0.717, 1.165) is 0 Å². The van der Waals surface area contributed by atoms with Gasteiger partial charge in [0.05, 0.1) is 12.0 Å². The van der Waals surface area contributed by atoms with Crippen LogP contribution in [0.5, 0.6) is 0 Å². The van der Waals surface area contributed by atoms with Gasteiger partial charge in [-0.2, -0.15) is 0 Å². The molecule has 0 aromatic rings. The molecule has 0 unspecified atom stereocenters. The number of carbonyl (C=O) groups excluding carboxylic acids is 2. The van der Waals surface area contributed by atoms with Crippen LogP contribution in [0.25, 0.3) is 0 Å². The van der Waals surface area contributed by atoms with Crippen molar-refractivity contribution in [3.8, 4) is 0 Å². The van der Waals surface area contributed by atoms with Crippen LogP contribution in [-0.4, -0.2) is 22.9 Å². The van der Waals surface area contributed by atoms with Crippen LogP contribution in [0.15, 0.2) is 11.6 Å². The zero-order valence-corrected chi connectivity index (χ0v) is 6.11. The summed E-state index contributed by atoms with van der Waals surface area (Å²) in [5.41, 5.74) is 8.98. The molecule has 6 nitrogen and oxygen atoms in total. The van der Waals surface area contributed by atoms with E-state index in [-0.39, 0.29) is 0 Å². The second-order valence-electron chi connectivity index (χ2n) is 2.02. The highest BCUT2D eigenvalue weighted by atomic mass is 16.4. The number of aliphatic carboxylic acids is 1. The van der Waals surface area contributed by atoms with Crippen molar-refractivity contribution < 1.29 is 19.5 Å². The van der Waals surface area contributed by atoms with Gasteiger partial charge in [0.1, 0.15) is 0 Å². The van der Waals surface area contributed by atoms with E-state index in [4.69, 9.17) is 10.8 Å². The second-order valence-corrected chi connectivity index (χ2v) is 2.02. The number of hydrogen-bond acceptors (Lipinski definition) is 3. The van der Waals surface area contributed by atoms with Crippen molar-refractivity contribution in [2.45, 2.75) is 6.42 Å². The third-order valence-corrected chi connectivity index (χ3v) is 0.956. The summed E-state index contributed by atoms with van der Waals surface area (Å²) in [4.78, 5) is 30.8. The third kappa shape index (κ3) is 4.04. The first-order valence-electron chi connectivity index (χ1n) is 2.95. The van der Waals surface area contributed by atoms with Gasteiger partial charge in [0.2, 0.25) is 11.8 Å². The van der Waals surface area contributed by atoms with E-state index < -0.39 is 29.8 Å². The molecule has 0 heterocycles. The van der Waals surface area contributed by atoms with Gasteiger partial charge >= 0.3 is 5.97 Å². The van der Waals surface area contributed by atoms with Gasteiger partial charge in [0.15, 0.2) is 0 Å². The van der Waals surface area contributed by atoms with E-state index in [0.29, 0.717) is 6.08 Å². The zero-order chi connectivity index (χ0) is 9.72. The van der Waals surface area contributed by atoms with E-state index in [2.05, 4.69) is 5.73 Å². The fourth-order valence-electron chi connectivity index (χ4n) is 0.548. The molecule has 0 radical (unpaired) electrons. The number of hydrogen-bond donors (Lipinski definition) is 3. The van der Waals surface area contributed by atoms with Gasteiger partial charge in [-0.05, 0) is 0 Å². The average Bonchev–Trinajstić information content (AvgIpc) is 1.83. The predicted molar refractivity (Wildman–Crippen MR) is 38.7 cm³/mol. The number of carboxylic acids is 1. The molecule has 0 fully saturated rings. The third-order valence-electron chi connectivity index (χ3n) is 0.956. The van der Waals surface area contributed by atoms with Crippen molar-refractivity contribution in [3.63, 3.8) is 0 Å². The van der Waals surface area contributed by atoms with Crippen molar-refractivity contribution in [1.29, 1.82) is 0 Å². The summed E-state index contributed by atoms with van der Waals surface area (Å²) < 4.78 is 0. The smallest absolute Gasteiger partial charge is 0.332 e. The van der Waals surface area contributed by atoms with Crippen LogP contribution in [0.1, 0.15) is 6.42 Å². The molecule has 0 aromatic heterocycles. The Morgan fingerprint density at radius 3 is 2.00 bits per heavy atom. The molecule has 12 heavy (non-hydrogen) atoms. The van der Waals surface area contributed by atoms with Crippen molar-refractivity contribution >= 4 is 17.8 Å². The Morgan fingerprint density at radius 1 is 1.25 bits per heavy atom. The van der Waals surface area contributed by atoms with E-state index in [9.17, 15) is 14.4 Å². The Labute approximate surface area is 67.8 Å². The lowest BCUT2D eigenvalue weighted by atomic mass is 10.1. The summed E-state index contributed by atoms with van der Waals surface area (Å²) in [6.07, 6.45) is 0.158. The van der Waals surface area contributed by atoms with Crippen LogP contribution < -0.4 is 11.5 Å². The highest BCUT2D eigenvalue weighted by Gasteiger charge is 2.11. The Morgan fingerprint density at radius 2 is 1.75 bits per heavy atom. The number of carboxylic acid groups (broad SMARTS) is 1. The minimum atomic E-state index is -1.38. The van der Waals surface area contributed by atoms with E-state index >= 15 is 0 Å². The van der Waals surface area contributed by atoms with Crippen LogP contribution in [-0.2, 0) is 14.4 Å². The molecule has 66 valence electrons. The summed E-state index contributed by atoms with van der Waals surface area (Å²) in [6.45, 7) is 0. The fraction of sp³-hybridized carbons (Fsp3) is 0.167. The molecular weight excluding hydrogens is 164 g/mol. The Kier molecular flexibility index (Phi) is 3.48. The molecule has 0 aromatic carbocycles. The number of carbonyl (C=O) groups is 3. The first kappa shape index (κ1) is 10.2. The first-order valence-corrected chi connectivity index (χ1v) is 2.95. The van der Waals surface area contributed by atoms with Crippen molar-refractivity contribution in [3.05, 3.63) is 11.6 Å². The number of nitrogens with two attached hydrogens (primary N) is 2. The van der Waals surface area contributed by atoms with Crippen LogP contribution >= 0.6 is 0 Å². The number of amides is 2. The monoisotopic (exact) mass is 172 g/mol. The fourth-order valence-corrected chi connectivity index (χ4v) is 0.548. The Bertz CT molecular complexity index is 256. The summed E-state index contributed by atoms with van der Waals surface area (Å²) in [6, 6.07) is 0. The van der Waals surface area contributed by atoms with Crippen LogP contribution in [0, 0.1) is 0 Å². The maximum Gasteiger partial charge on any atom is 0.332 e. The molecular formula is C6H8N2O4. The van der Waals surface area contributed by atoms with Crippen molar-refractivity contribution in [1.82, 2.24) is 0 Å². The van der Waals surface area contributed by atoms with Gasteiger partial charge in [0.25, 0.3) is 0 Å². The maximum absolute atomic E-state index is 10.3. The van der Waals surface area contributed by atoms with Gasteiger partial charge in [-0.25, -0.2) is 4.79 Å². The standard InChI is InChI=1S/C6H8N2O4/c7-4(9)1-3(6(11)12)2-5(8)10/h1H,2H2,(H2,7,9)(H2,8,10)(H,11,12). The molecule has 0 bridgehead atoms. The largest absolute Gasteiger partial charge is 0.478 e. The highest BCUT2D eigenvalue weighted by molar-refractivity contribution is 6.00. The molecule has 0 atom stereocenters. The maximum atomic E-state index is 10.3. The van der Waals surface area contributed by atoms with Crippen LogP contribution in [0.4, 0.5) is 0 Å². The van der Waals surface area contributed by atoms with E-state index in [1.807, 2.05) is 0 Å². The topological polar surface area (TPSA) is 123 Å². The molecule has 0 aliphatic rings. The predicted octanol–water partition coefficient (Wildman–Crippen LogP) is -1.64. The molecule has 6 heteroatoms. The van der Waals surface area contributed by atoms with Gasteiger partial charge in [-0.15, -0.1) is 0 Å². The zero-order valence-electron chi connectivity index (χ0n) is 6.11. The van der Waals surface area contributed by atoms with Gasteiger partial charge < -0.3 is 16.6 Å². The van der Waals surface area contributed by atoms with Crippen molar-refractivity contribution in [2.24, 2.45) is 11.5 Å². The highest BCUT2D eigenvalue weighted by Crippen LogP contribution is 1.99. The lowest BCUT2D eigenvalue weighted by molar-refractivity contribution is -0.134. The van der Waals surface area contributed by atoms with E-state index in [1.54, 1.807) is 0 Å².